The molecule has 0 aromatic rings. The van der Waals surface area contributed by atoms with Crippen molar-refractivity contribution in [1.29, 1.82) is 0 Å². The van der Waals surface area contributed by atoms with Crippen molar-refractivity contribution in [2.24, 2.45) is 33.0 Å². The standard InChI is InChI=1S/C30H42O/c1-19-20(2)23(31)17-22-21(19)9-10-24-28(22,6)14-16-30(8)25-18-26(3,4)11-12-27(25,5)13-15-29(24,30)7/h9-10,17,25H,11-16,18H2,1-8H3/t25?,27-,28+,29-,30+/m1/s1. The number of fused-ring (bicyclic) bond motifs is 7. The quantitative estimate of drug-likeness (QED) is 0.388. The fourth-order valence-corrected chi connectivity index (χ4v) is 8.74. The molecule has 0 bridgehead atoms. The fraction of sp³-hybridized carbons (Fsp3) is 0.700. The molecule has 31 heavy (non-hydrogen) atoms. The maximum absolute atomic E-state index is 12.8. The van der Waals surface area contributed by atoms with Gasteiger partial charge in [-0.2, -0.15) is 0 Å². The highest BCUT2D eigenvalue weighted by molar-refractivity contribution is 6.08. The summed E-state index contributed by atoms with van der Waals surface area (Å²) in [5, 5.41) is 0. The van der Waals surface area contributed by atoms with Gasteiger partial charge in [0.2, 0.25) is 0 Å². The van der Waals surface area contributed by atoms with Gasteiger partial charge in [-0.1, -0.05) is 59.3 Å². The van der Waals surface area contributed by atoms with E-state index in [9.17, 15) is 4.79 Å². The Balaban J connectivity index is 1.66. The number of ketones is 1. The number of hydrogen-bond donors (Lipinski definition) is 0. The molecular formula is C30H42O. The SMILES string of the molecule is CC1=C(C)C2=CC=C3[C@@](C)(CC[C@@]4(C)C5CC(C)(C)CC[C@]5(C)CC[C@]34C)C2=CC1=O. The van der Waals surface area contributed by atoms with Crippen LogP contribution in [0.1, 0.15) is 100 Å². The summed E-state index contributed by atoms with van der Waals surface area (Å²) in [6, 6.07) is 0. The van der Waals surface area contributed by atoms with E-state index in [1.807, 2.05) is 13.0 Å². The van der Waals surface area contributed by atoms with Crippen LogP contribution in [0.5, 0.6) is 0 Å². The van der Waals surface area contributed by atoms with Crippen molar-refractivity contribution in [1.82, 2.24) is 0 Å². The van der Waals surface area contributed by atoms with Crippen molar-refractivity contribution in [2.75, 3.05) is 0 Å². The Bertz CT molecular complexity index is 999. The molecule has 3 saturated carbocycles. The third-order valence-electron chi connectivity index (χ3n) is 11.4. The smallest absolute Gasteiger partial charge is 0.182 e. The monoisotopic (exact) mass is 418 g/mol. The zero-order chi connectivity index (χ0) is 22.6. The summed E-state index contributed by atoms with van der Waals surface area (Å²) in [6.45, 7) is 19.4. The van der Waals surface area contributed by atoms with Crippen LogP contribution in [0.25, 0.3) is 0 Å². The van der Waals surface area contributed by atoms with Crippen LogP contribution in [0.15, 0.2) is 46.1 Å². The van der Waals surface area contributed by atoms with Crippen LogP contribution in [0.3, 0.4) is 0 Å². The van der Waals surface area contributed by atoms with Crippen molar-refractivity contribution in [3.63, 3.8) is 0 Å². The Labute approximate surface area is 190 Å². The first-order valence-corrected chi connectivity index (χ1v) is 12.7. The van der Waals surface area contributed by atoms with Gasteiger partial charge >= 0.3 is 0 Å². The Morgan fingerprint density at radius 3 is 2.19 bits per heavy atom. The van der Waals surface area contributed by atoms with Crippen LogP contribution < -0.4 is 0 Å². The first kappa shape index (κ1) is 21.5. The molecule has 0 radical (unpaired) electrons. The maximum atomic E-state index is 12.8. The van der Waals surface area contributed by atoms with Gasteiger partial charge in [-0.15, -0.1) is 0 Å². The molecule has 0 amide bonds. The van der Waals surface area contributed by atoms with Crippen molar-refractivity contribution < 1.29 is 4.79 Å². The summed E-state index contributed by atoms with van der Waals surface area (Å²) < 4.78 is 0. The normalized spacial score (nSPS) is 46.1. The van der Waals surface area contributed by atoms with Crippen molar-refractivity contribution in [3.05, 3.63) is 46.1 Å². The lowest BCUT2D eigenvalue weighted by atomic mass is 9.34. The maximum Gasteiger partial charge on any atom is 0.182 e. The van der Waals surface area contributed by atoms with E-state index < -0.39 is 0 Å². The molecule has 1 unspecified atom stereocenters. The van der Waals surface area contributed by atoms with E-state index in [1.165, 1.54) is 61.7 Å². The lowest BCUT2D eigenvalue weighted by Crippen LogP contribution is -2.61. The van der Waals surface area contributed by atoms with E-state index in [0.29, 0.717) is 16.2 Å². The molecule has 1 nitrogen and oxygen atoms in total. The Morgan fingerprint density at radius 2 is 1.48 bits per heavy atom. The van der Waals surface area contributed by atoms with Crippen LogP contribution >= 0.6 is 0 Å². The minimum Gasteiger partial charge on any atom is -0.290 e. The van der Waals surface area contributed by atoms with E-state index >= 15 is 0 Å². The van der Waals surface area contributed by atoms with Crippen molar-refractivity contribution >= 4 is 5.78 Å². The van der Waals surface area contributed by atoms with Gasteiger partial charge in [0.1, 0.15) is 0 Å². The number of hydrogen-bond acceptors (Lipinski definition) is 1. The van der Waals surface area contributed by atoms with Crippen molar-refractivity contribution in [2.45, 2.75) is 100 Å². The molecule has 5 rings (SSSR count). The highest BCUT2D eigenvalue weighted by Gasteiger charge is 2.66. The second kappa shape index (κ2) is 6.15. The lowest BCUT2D eigenvalue weighted by Gasteiger charge is -2.70. The summed E-state index contributed by atoms with van der Waals surface area (Å²) in [5.41, 5.74) is 7.81. The lowest BCUT2D eigenvalue weighted by molar-refractivity contribution is -0.159. The molecule has 1 heteroatoms. The predicted octanol–water partition coefficient (Wildman–Crippen LogP) is 8.14. The molecule has 0 saturated heterocycles. The zero-order valence-electron chi connectivity index (χ0n) is 21.2. The summed E-state index contributed by atoms with van der Waals surface area (Å²) in [7, 11) is 0. The van der Waals surface area contributed by atoms with Gasteiger partial charge < -0.3 is 0 Å². The zero-order valence-corrected chi connectivity index (χ0v) is 21.2. The Morgan fingerprint density at radius 1 is 0.806 bits per heavy atom. The molecule has 5 aliphatic carbocycles. The first-order chi connectivity index (χ1) is 14.3. The van der Waals surface area contributed by atoms with Gasteiger partial charge in [-0.05, 0) is 115 Å². The van der Waals surface area contributed by atoms with Crippen molar-refractivity contribution in [3.8, 4) is 0 Å². The van der Waals surface area contributed by atoms with Crippen LogP contribution in [0.4, 0.5) is 0 Å². The molecular weight excluding hydrogens is 376 g/mol. The van der Waals surface area contributed by atoms with Crippen LogP contribution in [0.2, 0.25) is 0 Å². The topological polar surface area (TPSA) is 17.1 Å². The van der Waals surface area contributed by atoms with Gasteiger partial charge in [-0.25, -0.2) is 0 Å². The molecule has 5 atom stereocenters. The van der Waals surface area contributed by atoms with E-state index in [0.717, 1.165) is 11.5 Å². The molecule has 5 aliphatic rings. The third-order valence-corrected chi connectivity index (χ3v) is 11.4. The number of rotatable bonds is 0. The number of allylic oxidation sites excluding steroid dienone is 8. The molecule has 0 heterocycles. The van der Waals surface area contributed by atoms with E-state index in [-0.39, 0.29) is 16.6 Å². The molecule has 168 valence electrons. The van der Waals surface area contributed by atoms with E-state index in [4.69, 9.17) is 0 Å². The fourth-order valence-electron chi connectivity index (χ4n) is 8.74. The molecule has 3 fully saturated rings. The molecule has 0 aromatic carbocycles. The second-order valence-corrected chi connectivity index (χ2v) is 13.5. The minimum absolute atomic E-state index is 0.00606. The van der Waals surface area contributed by atoms with Gasteiger partial charge in [0.25, 0.3) is 0 Å². The summed E-state index contributed by atoms with van der Waals surface area (Å²) in [5.74, 6) is 1.00. The van der Waals surface area contributed by atoms with E-state index in [2.05, 4.69) is 60.6 Å². The number of carbonyl (C=O) groups is 1. The Kier molecular flexibility index (Phi) is 4.26. The summed E-state index contributed by atoms with van der Waals surface area (Å²) in [6.07, 6.45) is 16.0. The minimum atomic E-state index is -0.00606. The Hall–Kier alpha value is -1.37. The molecule has 0 aliphatic heterocycles. The number of carbonyl (C=O) groups excluding carboxylic acids is 1. The largest absolute Gasteiger partial charge is 0.290 e. The average Bonchev–Trinajstić information content (AvgIpc) is 2.70. The molecule has 0 aromatic heterocycles. The highest BCUT2D eigenvalue weighted by atomic mass is 16.1. The van der Waals surface area contributed by atoms with Crippen LogP contribution in [0, 0.1) is 33.0 Å². The summed E-state index contributed by atoms with van der Waals surface area (Å²) in [4.78, 5) is 12.8. The predicted molar refractivity (Wildman–Crippen MR) is 130 cm³/mol. The highest BCUT2D eigenvalue weighted by Crippen LogP contribution is 2.75. The first-order valence-electron chi connectivity index (χ1n) is 12.7. The summed E-state index contributed by atoms with van der Waals surface area (Å²) >= 11 is 0. The van der Waals surface area contributed by atoms with Gasteiger partial charge in [0.05, 0.1) is 0 Å². The van der Waals surface area contributed by atoms with Gasteiger partial charge in [0.15, 0.2) is 5.78 Å². The van der Waals surface area contributed by atoms with Gasteiger partial charge in [-0.3, -0.25) is 4.79 Å². The molecule has 0 N–H and O–H groups in total. The average molecular weight is 419 g/mol. The van der Waals surface area contributed by atoms with Gasteiger partial charge in [0, 0.05) is 5.41 Å². The second-order valence-electron chi connectivity index (χ2n) is 13.5. The van der Waals surface area contributed by atoms with Crippen LogP contribution in [-0.4, -0.2) is 5.78 Å². The van der Waals surface area contributed by atoms with E-state index in [1.54, 1.807) is 5.57 Å². The van der Waals surface area contributed by atoms with Crippen LogP contribution in [-0.2, 0) is 4.79 Å². The molecule has 0 spiro atoms. The third kappa shape index (κ3) is 2.58.